The molecule has 0 unspecified atom stereocenters. The van der Waals surface area contributed by atoms with Gasteiger partial charge in [-0.2, -0.15) is 4.52 Å². The monoisotopic (exact) mass is 244 g/mol. The molecule has 4 nitrogen and oxygen atoms in total. The van der Waals surface area contributed by atoms with Gasteiger partial charge in [0.25, 0.3) is 0 Å². The van der Waals surface area contributed by atoms with Crippen molar-refractivity contribution in [2.75, 3.05) is 0 Å². The lowest BCUT2D eigenvalue weighted by atomic mass is 10.2. The van der Waals surface area contributed by atoms with E-state index in [-0.39, 0.29) is 0 Å². The summed E-state index contributed by atoms with van der Waals surface area (Å²) in [5.74, 6) is 1.40. The molecule has 0 aliphatic carbocycles. The summed E-state index contributed by atoms with van der Waals surface area (Å²) < 4.78 is 1.69. The lowest BCUT2D eigenvalue weighted by Crippen LogP contribution is -1.96. The van der Waals surface area contributed by atoms with Gasteiger partial charge in [0, 0.05) is 11.6 Å². The van der Waals surface area contributed by atoms with Crippen molar-refractivity contribution in [3.8, 4) is 11.4 Å². The van der Waals surface area contributed by atoms with Crippen molar-refractivity contribution >= 4 is 17.2 Å². The molecule has 0 atom stereocenters. The average molecular weight is 245 g/mol. The van der Waals surface area contributed by atoms with E-state index >= 15 is 0 Å². The fourth-order valence-corrected chi connectivity index (χ4v) is 1.93. The Morgan fingerprint density at radius 1 is 1.12 bits per heavy atom. The Morgan fingerprint density at radius 3 is 2.65 bits per heavy atom. The van der Waals surface area contributed by atoms with Gasteiger partial charge in [-0.25, -0.2) is 9.97 Å². The summed E-state index contributed by atoms with van der Waals surface area (Å²) in [5, 5.41) is 4.84. The van der Waals surface area contributed by atoms with E-state index in [1.165, 1.54) is 0 Å². The summed E-state index contributed by atoms with van der Waals surface area (Å²) in [6.07, 6.45) is 0. The number of benzene rings is 1. The predicted molar refractivity (Wildman–Crippen MR) is 66.0 cm³/mol. The zero-order chi connectivity index (χ0) is 11.8. The first kappa shape index (κ1) is 10.2. The maximum atomic E-state index is 5.89. The molecule has 0 bridgehead atoms. The molecular weight excluding hydrogens is 236 g/mol. The molecule has 0 amide bonds. The zero-order valence-electron chi connectivity index (χ0n) is 9.13. The van der Waals surface area contributed by atoms with Crippen molar-refractivity contribution in [3.05, 3.63) is 47.4 Å². The Hall–Kier alpha value is -1.94. The van der Waals surface area contributed by atoms with Crippen LogP contribution in [0.1, 0.15) is 5.82 Å². The predicted octanol–water partition coefficient (Wildman–Crippen LogP) is 2.75. The van der Waals surface area contributed by atoms with Crippen molar-refractivity contribution in [2.45, 2.75) is 6.92 Å². The molecule has 2 aromatic heterocycles. The van der Waals surface area contributed by atoms with E-state index in [4.69, 9.17) is 11.6 Å². The zero-order valence-corrected chi connectivity index (χ0v) is 9.89. The topological polar surface area (TPSA) is 43.1 Å². The summed E-state index contributed by atoms with van der Waals surface area (Å²) in [4.78, 5) is 8.57. The average Bonchev–Trinajstić information content (AvgIpc) is 2.74. The SMILES string of the molecule is Cc1nc(Cl)cc2nc(-c3ccccc3)nn12. The number of aromatic nitrogens is 4. The maximum Gasteiger partial charge on any atom is 0.182 e. The number of nitrogens with zero attached hydrogens (tertiary/aromatic N) is 4. The van der Waals surface area contributed by atoms with Gasteiger partial charge in [0.15, 0.2) is 11.5 Å². The molecule has 3 aromatic rings. The van der Waals surface area contributed by atoms with E-state index in [0.29, 0.717) is 16.6 Å². The second-order valence-corrected chi connectivity index (χ2v) is 4.08. The fraction of sp³-hybridized carbons (Fsp3) is 0.0833. The number of aryl methyl sites for hydroxylation is 1. The van der Waals surface area contributed by atoms with E-state index in [1.807, 2.05) is 37.3 Å². The Morgan fingerprint density at radius 2 is 1.88 bits per heavy atom. The lowest BCUT2D eigenvalue weighted by molar-refractivity contribution is 0.867. The molecule has 17 heavy (non-hydrogen) atoms. The first-order valence-electron chi connectivity index (χ1n) is 5.19. The van der Waals surface area contributed by atoms with Crippen LogP contribution in [0.2, 0.25) is 5.15 Å². The van der Waals surface area contributed by atoms with E-state index in [1.54, 1.807) is 10.6 Å². The molecule has 0 aliphatic rings. The lowest BCUT2D eigenvalue weighted by Gasteiger charge is -1.96. The molecule has 0 aliphatic heterocycles. The highest BCUT2D eigenvalue weighted by Gasteiger charge is 2.08. The Bertz CT molecular complexity index is 676. The van der Waals surface area contributed by atoms with Crippen LogP contribution < -0.4 is 0 Å². The summed E-state index contributed by atoms with van der Waals surface area (Å²) in [6, 6.07) is 11.5. The van der Waals surface area contributed by atoms with Crippen molar-refractivity contribution in [1.29, 1.82) is 0 Å². The molecule has 0 radical (unpaired) electrons. The number of hydrogen-bond donors (Lipinski definition) is 0. The van der Waals surface area contributed by atoms with Crippen molar-refractivity contribution < 1.29 is 0 Å². The third-order valence-corrected chi connectivity index (χ3v) is 2.68. The third-order valence-electron chi connectivity index (χ3n) is 2.49. The van der Waals surface area contributed by atoms with Gasteiger partial charge in [-0.1, -0.05) is 41.9 Å². The molecule has 1 aromatic carbocycles. The van der Waals surface area contributed by atoms with Crippen LogP contribution in [0.25, 0.3) is 17.0 Å². The molecule has 0 spiro atoms. The van der Waals surface area contributed by atoms with Crippen LogP contribution in [0, 0.1) is 6.92 Å². The molecule has 0 fully saturated rings. The molecule has 0 N–H and O–H groups in total. The molecule has 3 rings (SSSR count). The van der Waals surface area contributed by atoms with Crippen LogP contribution in [0.3, 0.4) is 0 Å². The van der Waals surface area contributed by atoms with Crippen LogP contribution in [0.4, 0.5) is 0 Å². The van der Waals surface area contributed by atoms with Crippen molar-refractivity contribution in [2.24, 2.45) is 0 Å². The first-order valence-corrected chi connectivity index (χ1v) is 5.57. The van der Waals surface area contributed by atoms with Gasteiger partial charge in [0.05, 0.1) is 0 Å². The molecule has 2 heterocycles. The summed E-state index contributed by atoms with van der Waals surface area (Å²) >= 11 is 5.89. The number of rotatable bonds is 1. The van der Waals surface area contributed by atoms with Crippen molar-refractivity contribution in [3.63, 3.8) is 0 Å². The Kier molecular flexibility index (Phi) is 2.30. The maximum absolute atomic E-state index is 5.89. The van der Waals surface area contributed by atoms with Gasteiger partial charge in [-0.15, -0.1) is 5.10 Å². The fourth-order valence-electron chi connectivity index (χ4n) is 1.71. The van der Waals surface area contributed by atoms with Gasteiger partial charge < -0.3 is 0 Å². The minimum atomic E-state index is 0.432. The second kappa shape index (κ2) is 3.82. The van der Waals surface area contributed by atoms with Crippen LogP contribution in [-0.2, 0) is 0 Å². The van der Waals surface area contributed by atoms with Crippen molar-refractivity contribution in [1.82, 2.24) is 19.6 Å². The van der Waals surface area contributed by atoms with Gasteiger partial charge in [-0.3, -0.25) is 0 Å². The number of hydrogen-bond acceptors (Lipinski definition) is 3. The van der Waals surface area contributed by atoms with E-state index in [2.05, 4.69) is 15.1 Å². The largest absolute Gasteiger partial charge is 0.221 e. The second-order valence-electron chi connectivity index (χ2n) is 3.70. The van der Waals surface area contributed by atoms with Gasteiger partial charge in [0.1, 0.15) is 11.0 Å². The highest BCUT2D eigenvalue weighted by molar-refractivity contribution is 6.29. The van der Waals surface area contributed by atoms with Gasteiger partial charge >= 0.3 is 0 Å². The number of halogens is 1. The molecule has 0 saturated heterocycles. The minimum absolute atomic E-state index is 0.432. The highest BCUT2D eigenvalue weighted by Crippen LogP contribution is 2.17. The van der Waals surface area contributed by atoms with E-state index in [0.717, 1.165) is 11.4 Å². The van der Waals surface area contributed by atoms with Crippen LogP contribution in [-0.4, -0.2) is 19.6 Å². The van der Waals surface area contributed by atoms with Gasteiger partial charge in [0.2, 0.25) is 0 Å². The first-order chi connectivity index (χ1) is 8.24. The minimum Gasteiger partial charge on any atom is -0.221 e. The third kappa shape index (κ3) is 1.76. The highest BCUT2D eigenvalue weighted by atomic mass is 35.5. The molecule has 5 heteroatoms. The normalized spacial score (nSPS) is 10.9. The van der Waals surface area contributed by atoms with Crippen LogP contribution >= 0.6 is 11.6 Å². The van der Waals surface area contributed by atoms with Crippen LogP contribution in [0.5, 0.6) is 0 Å². The molecule has 84 valence electrons. The van der Waals surface area contributed by atoms with E-state index < -0.39 is 0 Å². The molecule has 0 saturated carbocycles. The summed E-state index contributed by atoms with van der Waals surface area (Å²) in [7, 11) is 0. The standard InChI is InChI=1S/C12H9ClN4/c1-8-14-10(13)7-11-15-12(16-17(8)11)9-5-3-2-4-6-9/h2-7H,1H3. The van der Waals surface area contributed by atoms with Gasteiger partial charge in [-0.05, 0) is 6.92 Å². The number of fused-ring (bicyclic) bond motifs is 1. The van der Waals surface area contributed by atoms with Crippen LogP contribution in [0.15, 0.2) is 36.4 Å². The Labute approximate surface area is 103 Å². The quantitative estimate of drug-likeness (QED) is 0.618. The summed E-state index contributed by atoms with van der Waals surface area (Å²) in [5.41, 5.74) is 1.69. The molecular formula is C12H9ClN4. The summed E-state index contributed by atoms with van der Waals surface area (Å²) in [6.45, 7) is 1.85. The smallest absolute Gasteiger partial charge is 0.182 e. The van der Waals surface area contributed by atoms with E-state index in [9.17, 15) is 0 Å². The Balaban J connectivity index is 2.24.